The molecule has 0 aromatic heterocycles. The lowest BCUT2D eigenvalue weighted by atomic mass is 10.2. The van der Waals surface area contributed by atoms with Gasteiger partial charge in [-0.2, -0.15) is 0 Å². The summed E-state index contributed by atoms with van der Waals surface area (Å²) in [6, 6.07) is 0. The van der Waals surface area contributed by atoms with Gasteiger partial charge in [0.15, 0.2) is 0 Å². The largest absolute Gasteiger partial charge is 0.383 e. The van der Waals surface area contributed by atoms with E-state index in [1.807, 2.05) is 7.05 Å². The lowest BCUT2D eigenvalue weighted by molar-refractivity contribution is -0.132. The number of nitrogens with zero attached hydrogens (tertiary/aromatic N) is 1. The molecular weight excluding hydrogens is 210 g/mol. The second-order valence-electron chi connectivity index (χ2n) is 4.09. The van der Waals surface area contributed by atoms with Crippen LogP contribution in [0, 0.1) is 0 Å². The van der Waals surface area contributed by atoms with Crippen molar-refractivity contribution in [2.24, 2.45) is 5.84 Å². The lowest BCUT2D eigenvalue weighted by Crippen LogP contribution is -2.40. The number of hydrogen-bond donors (Lipinski definition) is 2. The third-order valence-corrected chi connectivity index (χ3v) is 2.73. The molecule has 6 nitrogen and oxygen atoms in total. The lowest BCUT2D eigenvalue weighted by Gasteiger charge is -2.20. The van der Waals surface area contributed by atoms with Crippen molar-refractivity contribution in [3.05, 3.63) is 0 Å². The monoisotopic (exact) mass is 231 g/mol. The third-order valence-electron chi connectivity index (χ3n) is 2.73. The second kappa shape index (κ2) is 6.80. The molecule has 1 aliphatic rings. The van der Waals surface area contributed by atoms with E-state index in [-0.39, 0.29) is 18.1 Å². The molecule has 1 amide bonds. The zero-order valence-corrected chi connectivity index (χ0v) is 9.94. The zero-order chi connectivity index (χ0) is 12.0. The molecule has 0 aromatic rings. The van der Waals surface area contributed by atoms with Crippen molar-refractivity contribution in [1.29, 1.82) is 0 Å². The minimum atomic E-state index is -0.383. The number of methoxy groups -OCH3 is 1. The first-order chi connectivity index (χ1) is 7.67. The molecule has 0 radical (unpaired) electrons. The highest BCUT2D eigenvalue weighted by atomic mass is 16.5. The van der Waals surface area contributed by atoms with Crippen molar-refractivity contribution < 1.29 is 14.3 Å². The number of nitrogens with one attached hydrogen (secondary N) is 1. The van der Waals surface area contributed by atoms with E-state index >= 15 is 0 Å². The summed E-state index contributed by atoms with van der Waals surface area (Å²) < 4.78 is 10.6. The fraction of sp³-hybridized carbons (Fsp3) is 0.900. The average molecular weight is 231 g/mol. The van der Waals surface area contributed by atoms with Crippen LogP contribution < -0.4 is 11.3 Å². The number of nitrogens with two attached hydrogens (primary N) is 1. The maximum atomic E-state index is 11.2. The van der Waals surface area contributed by atoms with E-state index < -0.39 is 0 Å². The highest BCUT2D eigenvalue weighted by Crippen LogP contribution is 2.20. The van der Waals surface area contributed by atoms with Gasteiger partial charge in [-0.25, -0.2) is 5.84 Å². The van der Waals surface area contributed by atoms with Crippen LogP contribution in [-0.2, 0) is 14.3 Å². The van der Waals surface area contributed by atoms with Gasteiger partial charge in [-0.1, -0.05) is 0 Å². The molecule has 6 heteroatoms. The van der Waals surface area contributed by atoms with Crippen LogP contribution in [0.25, 0.3) is 0 Å². The normalized spacial score (nSPS) is 25.0. The van der Waals surface area contributed by atoms with E-state index in [4.69, 9.17) is 15.3 Å². The number of carbonyl (C=O) groups is 1. The number of carbonyl (C=O) groups excluding carboxylic acids is 1. The van der Waals surface area contributed by atoms with Gasteiger partial charge in [-0.05, 0) is 19.9 Å². The Hall–Kier alpha value is -0.690. The first-order valence-electron chi connectivity index (χ1n) is 5.50. The maximum absolute atomic E-state index is 11.2. The summed E-state index contributed by atoms with van der Waals surface area (Å²) in [7, 11) is 3.69. The Bertz CT molecular complexity index is 225. The van der Waals surface area contributed by atoms with Crippen LogP contribution in [0.3, 0.4) is 0 Å². The Morgan fingerprint density at radius 2 is 2.38 bits per heavy atom. The summed E-state index contributed by atoms with van der Waals surface area (Å²) in [6.45, 7) is 2.39. The summed E-state index contributed by atoms with van der Waals surface area (Å²) in [4.78, 5) is 13.4. The molecule has 2 unspecified atom stereocenters. The average Bonchev–Trinajstić information content (AvgIpc) is 2.73. The van der Waals surface area contributed by atoms with Crippen molar-refractivity contribution in [3.63, 3.8) is 0 Å². The number of hydrogen-bond acceptors (Lipinski definition) is 5. The second-order valence-corrected chi connectivity index (χ2v) is 4.09. The van der Waals surface area contributed by atoms with E-state index in [0.717, 1.165) is 25.9 Å². The Balaban J connectivity index is 2.23. The molecule has 94 valence electrons. The highest BCUT2D eigenvalue weighted by molar-refractivity contribution is 5.80. The molecule has 2 atom stereocenters. The molecule has 0 spiro atoms. The summed E-state index contributed by atoms with van der Waals surface area (Å²) in [5.41, 5.74) is 2.12. The molecule has 1 rings (SSSR count). The smallest absolute Gasteiger partial charge is 0.263 e. The molecule has 1 saturated heterocycles. The van der Waals surface area contributed by atoms with Gasteiger partial charge in [0.25, 0.3) is 5.91 Å². The van der Waals surface area contributed by atoms with Gasteiger partial charge in [0.2, 0.25) is 0 Å². The first kappa shape index (κ1) is 13.4. The third kappa shape index (κ3) is 4.05. The van der Waals surface area contributed by atoms with Crippen molar-refractivity contribution in [1.82, 2.24) is 10.3 Å². The number of ether oxygens (including phenoxy) is 2. The SMILES string of the molecule is COCCN(C)CC1CCC(C(=O)NN)O1. The van der Waals surface area contributed by atoms with Crippen molar-refractivity contribution in [3.8, 4) is 0 Å². The predicted molar refractivity (Wildman–Crippen MR) is 59.6 cm³/mol. The molecule has 0 bridgehead atoms. The van der Waals surface area contributed by atoms with E-state index in [9.17, 15) is 4.79 Å². The topological polar surface area (TPSA) is 76.8 Å². The summed E-state index contributed by atoms with van der Waals surface area (Å²) in [6.07, 6.45) is 1.37. The van der Waals surface area contributed by atoms with Gasteiger partial charge in [0.1, 0.15) is 6.10 Å². The quantitative estimate of drug-likeness (QED) is 0.352. The van der Waals surface area contributed by atoms with Crippen LogP contribution in [0.4, 0.5) is 0 Å². The standard InChI is InChI=1S/C10H21N3O3/c1-13(5-6-15-2)7-8-3-4-9(16-8)10(14)12-11/h8-9H,3-7,11H2,1-2H3,(H,12,14). The van der Waals surface area contributed by atoms with Crippen molar-refractivity contribution >= 4 is 5.91 Å². The van der Waals surface area contributed by atoms with Crippen LogP contribution >= 0.6 is 0 Å². The number of amides is 1. The molecular formula is C10H21N3O3. The van der Waals surface area contributed by atoms with E-state index in [1.54, 1.807) is 7.11 Å². The van der Waals surface area contributed by atoms with Gasteiger partial charge in [0.05, 0.1) is 12.7 Å². The van der Waals surface area contributed by atoms with Crippen LogP contribution in [0.2, 0.25) is 0 Å². The number of rotatable bonds is 6. The molecule has 0 aromatic carbocycles. The van der Waals surface area contributed by atoms with Crippen LogP contribution in [-0.4, -0.2) is 56.9 Å². The summed E-state index contributed by atoms with van der Waals surface area (Å²) >= 11 is 0. The predicted octanol–water partition coefficient (Wildman–Crippen LogP) is -0.898. The molecule has 0 saturated carbocycles. The summed E-state index contributed by atoms with van der Waals surface area (Å²) in [5.74, 6) is 4.82. The molecule has 3 N–H and O–H groups in total. The minimum Gasteiger partial charge on any atom is -0.383 e. The fourth-order valence-corrected chi connectivity index (χ4v) is 1.81. The minimum absolute atomic E-state index is 0.115. The van der Waals surface area contributed by atoms with Gasteiger partial charge in [-0.15, -0.1) is 0 Å². The van der Waals surface area contributed by atoms with Crippen molar-refractivity contribution in [2.45, 2.75) is 25.0 Å². The van der Waals surface area contributed by atoms with Crippen LogP contribution in [0.1, 0.15) is 12.8 Å². The van der Waals surface area contributed by atoms with E-state index in [2.05, 4.69) is 10.3 Å². The Labute approximate surface area is 96.0 Å². The first-order valence-corrected chi connectivity index (χ1v) is 5.50. The molecule has 16 heavy (non-hydrogen) atoms. The molecule has 0 aliphatic carbocycles. The van der Waals surface area contributed by atoms with Gasteiger partial charge in [0, 0.05) is 20.2 Å². The number of hydrazine groups is 1. The Morgan fingerprint density at radius 1 is 1.62 bits per heavy atom. The fourth-order valence-electron chi connectivity index (χ4n) is 1.81. The van der Waals surface area contributed by atoms with Crippen LogP contribution in [0.15, 0.2) is 0 Å². The summed E-state index contributed by atoms with van der Waals surface area (Å²) in [5, 5.41) is 0. The van der Waals surface area contributed by atoms with Crippen molar-refractivity contribution in [2.75, 3.05) is 33.9 Å². The van der Waals surface area contributed by atoms with Gasteiger partial charge < -0.3 is 14.4 Å². The van der Waals surface area contributed by atoms with Gasteiger partial charge >= 0.3 is 0 Å². The maximum Gasteiger partial charge on any atom is 0.263 e. The Morgan fingerprint density at radius 3 is 3.00 bits per heavy atom. The number of likely N-dealkylation sites (N-methyl/N-ethyl adjacent to an activating group) is 1. The molecule has 1 fully saturated rings. The van der Waals surface area contributed by atoms with Gasteiger partial charge in [-0.3, -0.25) is 10.2 Å². The van der Waals surface area contributed by atoms with E-state index in [0.29, 0.717) is 6.61 Å². The highest BCUT2D eigenvalue weighted by Gasteiger charge is 2.30. The van der Waals surface area contributed by atoms with Crippen LogP contribution in [0.5, 0.6) is 0 Å². The van der Waals surface area contributed by atoms with E-state index in [1.165, 1.54) is 0 Å². The molecule has 1 heterocycles. The zero-order valence-electron chi connectivity index (χ0n) is 9.94. The Kier molecular flexibility index (Phi) is 5.68. The molecule has 1 aliphatic heterocycles.